The van der Waals surface area contributed by atoms with Crippen molar-refractivity contribution in [3.8, 4) is 5.75 Å². The summed E-state index contributed by atoms with van der Waals surface area (Å²) >= 11 is 0. The minimum atomic E-state index is -0.142. The van der Waals surface area contributed by atoms with Gasteiger partial charge < -0.3 is 14.4 Å². The predicted octanol–water partition coefficient (Wildman–Crippen LogP) is 2.67. The quantitative estimate of drug-likeness (QED) is 0.821. The molecule has 4 heteroatoms. The number of carbonyl (C=O) groups is 1. The van der Waals surface area contributed by atoms with Gasteiger partial charge in [0.2, 0.25) is 5.91 Å². The molecule has 0 saturated carbocycles. The number of benzene rings is 1. The van der Waals surface area contributed by atoms with Crippen molar-refractivity contribution in [2.45, 2.75) is 38.4 Å². The molecule has 2 aliphatic heterocycles. The van der Waals surface area contributed by atoms with Crippen molar-refractivity contribution < 1.29 is 14.3 Å². The fraction of sp³-hybridized carbons (Fsp3) is 0.533. The maximum Gasteiger partial charge on any atom is 0.234 e. The molecule has 1 aromatic rings. The maximum atomic E-state index is 11.9. The number of hydrogen-bond acceptors (Lipinski definition) is 3. The van der Waals surface area contributed by atoms with Gasteiger partial charge in [0.15, 0.2) is 6.29 Å². The van der Waals surface area contributed by atoms with Gasteiger partial charge in [0.05, 0.1) is 12.5 Å². The molecule has 0 aliphatic carbocycles. The fourth-order valence-electron chi connectivity index (χ4n) is 2.76. The summed E-state index contributed by atoms with van der Waals surface area (Å²) in [7, 11) is 1.81. The fourth-order valence-corrected chi connectivity index (χ4v) is 2.76. The van der Waals surface area contributed by atoms with Crippen molar-refractivity contribution in [1.82, 2.24) is 0 Å². The maximum absolute atomic E-state index is 11.9. The molecule has 2 heterocycles. The van der Waals surface area contributed by atoms with Gasteiger partial charge in [0.25, 0.3) is 0 Å². The highest BCUT2D eigenvalue weighted by Crippen LogP contribution is 2.38. The largest absolute Gasteiger partial charge is 0.465 e. The lowest BCUT2D eigenvalue weighted by Gasteiger charge is -2.23. The minimum absolute atomic E-state index is 0.0872. The summed E-state index contributed by atoms with van der Waals surface area (Å²) in [5.41, 5.74) is 2.02. The highest BCUT2D eigenvalue weighted by Gasteiger charge is 2.32. The molecule has 0 N–H and O–H groups in total. The first-order valence-corrected chi connectivity index (χ1v) is 6.86. The van der Waals surface area contributed by atoms with E-state index in [-0.39, 0.29) is 18.1 Å². The molecule has 2 aliphatic rings. The van der Waals surface area contributed by atoms with Crippen LogP contribution in [0.3, 0.4) is 0 Å². The van der Waals surface area contributed by atoms with Crippen LogP contribution >= 0.6 is 0 Å². The Bertz CT molecular complexity index is 494. The zero-order chi connectivity index (χ0) is 13.4. The van der Waals surface area contributed by atoms with Gasteiger partial charge >= 0.3 is 0 Å². The van der Waals surface area contributed by atoms with E-state index in [4.69, 9.17) is 9.47 Å². The van der Waals surface area contributed by atoms with Crippen LogP contribution in [0.2, 0.25) is 0 Å². The zero-order valence-corrected chi connectivity index (χ0v) is 11.4. The van der Waals surface area contributed by atoms with E-state index in [2.05, 4.69) is 0 Å². The summed E-state index contributed by atoms with van der Waals surface area (Å²) in [4.78, 5) is 13.6. The normalized spacial score (nSPS) is 26.4. The number of carbonyl (C=O) groups excluding carboxylic acids is 1. The molecule has 0 spiro atoms. The van der Waals surface area contributed by atoms with Crippen molar-refractivity contribution in [1.29, 1.82) is 0 Å². The van der Waals surface area contributed by atoms with E-state index in [0.29, 0.717) is 0 Å². The Labute approximate surface area is 113 Å². The van der Waals surface area contributed by atoms with Crippen molar-refractivity contribution in [3.63, 3.8) is 0 Å². The number of anilines is 1. The monoisotopic (exact) mass is 261 g/mol. The number of likely N-dealkylation sites (N-methyl/N-ethyl adjacent to an activating group) is 1. The number of rotatable bonds is 2. The molecule has 2 unspecified atom stereocenters. The number of ether oxygens (including phenoxy) is 2. The summed E-state index contributed by atoms with van der Waals surface area (Å²) in [5, 5.41) is 0. The summed E-state index contributed by atoms with van der Waals surface area (Å²) < 4.78 is 11.4. The highest BCUT2D eigenvalue weighted by molar-refractivity contribution is 6.04. The van der Waals surface area contributed by atoms with Gasteiger partial charge in [-0.05, 0) is 43.5 Å². The van der Waals surface area contributed by atoms with E-state index < -0.39 is 0 Å². The van der Waals surface area contributed by atoms with Crippen LogP contribution in [0.1, 0.15) is 37.7 Å². The van der Waals surface area contributed by atoms with E-state index in [1.165, 1.54) is 0 Å². The van der Waals surface area contributed by atoms with Crippen LogP contribution in [-0.2, 0) is 9.53 Å². The molecule has 0 aromatic heterocycles. The van der Waals surface area contributed by atoms with Crippen LogP contribution in [0.4, 0.5) is 5.69 Å². The summed E-state index contributed by atoms with van der Waals surface area (Å²) in [5.74, 6) is 0.845. The van der Waals surface area contributed by atoms with Crippen LogP contribution < -0.4 is 9.64 Å². The van der Waals surface area contributed by atoms with Crippen LogP contribution in [0.25, 0.3) is 0 Å². The van der Waals surface area contributed by atoms with Gasteiger partial charge in [-0.2, -0.15) is 0 Å². The standard InChI is InChI=1S/C15H19NO3/c1-10-12-9-11(19-14-5-3-4-8-18-14)6-7-13(12)16(2)15(10)17/h6-7,9-10,14H,3-5,8H2,1-2H3. The van der Waals surface area contributed by atoms with Crippen molar-refractivity contribution in [2.24, 2.45) is 0 Å². The Hall–Kier alpha value is -1.55. The Balaban J connectivity index is 1.80. The van der Waals surface area contributed by atoms with E-state index in [1.807, 2.05) is 32.2 Å². The Morgan fingerprint density at radius 1 is 1.37 bits per heavy atom. The SMILES string of the molecule is CC1C(=O)N(C)c2ccc(OC3CCCCO3)cc21. The van der Waals surface area contributed by atoms with E-state index in [0.717, 1.165) is 42.9 Å². The molecule has 1 aromatic carbocycles. The van der Waals surface area contributed by atoms with Crippen molar-refractivity contribution >= 4 is 11.6 Å². The molecule has 1 fully saturated rings. The van der Waals surface area contributed by atoms with Gasteiger partial charge in [-0.1, -0.05) is 0 Å². The van der Waals surface area contributed by atoms with Gasteiger partial charge in [-0.15, -0.1) is 0 Å². The average molecular weight is 261 g/mol. The van der Waals surface area contributed by atoms with Crippen molar-refractivity contribution in [2.75, 3.05) is 18.6 Å². The van der Waals surface area contributed by atoms with Gasteiger partial charge in [0, 0.05) is 19.2 Å². The zero-order valence-electron chi connectivity index (χ0n) is 11.4. The lowest BCUT2D eigenvalue weighted by Crippen LogP contribution is -2.25. The average Bonchev–Trinajstić information content (AvgIpc) is 2.65. The molecule has 19 heavy (non-hydrogen) atoms. The van der Waals surface area contributed by atoms with Crippen LogP contribution in [0.5, 0.6) is 5.75 Å². The first-order chi connectivity index (χ1) is 9.16. The second kappa shape index (κ2) is 4.85. The lowest BCUT2D eigenvalue weighted by molar-refractivity contribution is -0.118. The highest BCUT2D eigenvalue weighted by atomic mass is 16.7. The van der Waals surface area contributed by atoms with E-state index in [9.17, 15) is 4.79 Å². The van der Waals surface area contributed by atoms with Crippen LogP contribution in [-0.4, -0.2) is 25.9 Å². The summed E-state index contributed by atoms with van der Waals surface area (Å²) in [6.45, 7) is 2.71. The molecule has 4 nitrogen and oxygen atoms in total. The number of hydrogen-bond donors (Lipinski definition) is 0. The third-order valence-electron chi connectivity index (χ3n) is 3.93. The number of amides is 1. The third kappa shape index (κ3) is 2.21. The second-order valence-electron chi connectivity index (χ2n) is 5.25. The number of nitrogens with zero attached hydrogens (tertiary/aromatic N) is 1. The molecule has 1 saturated heterocycles. The summed E-state index contributed by atoms with van der Waals surface area (Å²) in [6.07, 6.45) is 3.05. The van der Waals surface area contributed by atoms with Gasteiger partial charge in [-0.3, -0.25) is 4.79 Å². The van der Waals surface area contributed by atoms with Gasteiger partial charge in [-0.25, -0.2) is 0 Å². The van der Waals surface area contributed by atoms with Crippen molar-refractivity contribution in [3.05, 3.63) is 23.8 Å². The Morgan fingerprint density at radius 3 is 2.95 bits per heavy atom. The summed E-state index contributed by atoms with van der Waals surface area (Å²) in [6, 6.07) is 5.84. The molecule has 3 rings (SSSR count). The molecule has 1 amide bonds. The first kappa shape index (κ1) is 12.5. The minimum Gasteiger partial charge on any atom is -0.465 e. The predicted molar refractivity (Wildman–Crippen MR) is 72.5 cm³/mol. The van der Waals surface area contributed by atoms with E-state index in [1.54, 1.807) is 4.90 Å². The molecular formula is C15H19NO3. The topological polar surface area (TPSA) is 38.8 Å². The molecule has 102 valence electrons. The van der Waals surface area contributed by atoms with Gasteiger partial charge in [0.1, 0.15) is 5.75 Å². The number of fused-ring (bicyclic) bond motifs is 1. The smallest absolute Gasteiger partial charge is 0.234 e. The Morgan fingerprint density at radius 2 is 2.21 bits per heavy atom. The molecule has 0 bridgehead atoms. The molecular weight excluding hydrogens is 242 g/mol. The Kier molecular flexibility index (Phi) is 3.19. The van der Waals surface area contributed by atoms with E-state index >= 15 is 0 Å². The van der Waals surface area contributed by atoms with Crippen LogP contribution in [0, 0.1) is 0 Å². The molecule has 2 atom stereocenters. The first-order valence-electron chi connectivity index (χ1n) is 6.86. The second-order valence-corrected chi connectivity index (χ2v) is 5.25. The third-order valence-corrected chi connectivity index (χ3v) is 3.93. The molecule has 0 radical (unpaired) electrons. The van der Waals surface area contributed by atoms with Crippen LogP contribution in [0.15, 0.2) is 18.2 Å². The lowest BCUT2D eigenvalue weighted by atomic mass is 10.0.